The molecule has 0 aliphatic rings. The van der Waals surface area contributed by atoms with Gasteiger partial charge in [-0.25, -0.2) is 0 Å². The number of aromatic hydroxyl groups is 1. The largest absolute Gasteiger partial charge is 0.507 e. The number of hydrogen-bond acceptors (Lipinski definition) is 6. The van der Waals surface area contributed by atoms with Gasteiger partial charge < -0.3 is 19.1 Å². The molecule has 0 aromatic heterocycles. The quantitative estimate of drug-likeness (QED) is 0.227. The summed E-state index contributed by atoms with van der Waals surface area (Å²) in [7, 11) is -3.31. The first-order valence-corrected chi connectivity index (χ1v) is 13.1. The summed E-state index contributed by atoms with van der Waals surface area (Å²) in [4.78, 5) is -0.0138. The fourth-order valence-corrected chi connectivity index (χ4v) is 8.63. The van der Waals surface area contributed by atoms with E-state index in [0.717, 1.165) is 30.0 Å². The second kappa shape index (κ2) is 12.3. The molecule has 0 amide bonds. The number of rotatable bonds is 12. The van der Waals surface area contributed by atoms with Gasteiger partial charge in [0.1, 0.15) is 14.0 Å². The standard InChI is InChI=1S/C18H27F3O5P2S/c1-5-24-16(25-6-2)12-27-17(28(23,8-4)26-7-3)29-15-11-13(18(19,20)21)9-10-14(15)22/h9-11,16,22H,5-8,12H2,1-4H3/p+1. The number of halogens is 3. The van der Waals surface area contributed by atoms with Crippen LogP contribution in [0.3, 0.4) is 0 Å². The third-order valence-corrected chi connectivity index (χ3v) is 10.7. The highest BCUT2D eigenvalue weighted by atomic mass is 32.2. The van der Waals surface area contributed by atoms with E-state index >= 15 is 0 Å². The van der Waals surface area contributed by atoms with E-state index in [2.05, 4.69) is 0 Å². The Morgan fingerprint density at radius 3 is 2.28 bits per heavy atom. The summed E-state index contributed by atoms with van der Waals surface area (Å²) in [6.07, 6.45) is -4.47. The van der Waals surface area contributed by atoms with Crippen molar-refractivity contribution in [3.05, 3.63) is 23.8 Å². The van der Waals surface area contributed by atoms with E-state index in [1.807, 2.05) is 13.8 Å². The SMILES string of the molecule is CCOC(C[PH+]=C(Sc1cc(C(F)(F)F)ccc1O)P(=O)(CC)OCC)OCC. The van der Waals surface area contributed by atoms with Gasteiger partial charge in [-0.15, -0.1) is 0 Å². The fourth-order valence-electron chi connectivity index (χ4n) is 2.31. The van der Waals surface area contributed by atoms with Crippen LogP contribution in [0, 0.1) is 0 Å². The number of benzene rings is 1. The molecule has 1 aromatic carbocycles. The van der Waals surface area contributed by atoms with Gasteiger partial charge in [-0.2, -0.15) is 13.2 Å². The van der Waals surface area contributed by atoms with Crippen LogP contribution in [0.2, 0.25) is 0 Å². The Balaban J connectivity index is 3.32. The number of phenolic OH excluding ortho intramolecular Hbond substituents is 1. The van der Waals surface area contributed by atoms with Crippen LogP contribution in [-0.2, 0) is 24.7 Å². The summed E-state index contributed by atoms with van der Waals surface area (Å²) in [6, 6.07) is 2.66. The topological polar surface area (TPSA) is 65.0 Å². The summed E-state index contributed by atoms with van der Waals surface area (Å²) in [6.45, 7) is 8.13. The molecule has 0 spiro atoms. The van der Waals surface area contributed by atoms with E-state index < -0.39 is 25.4 Å². The van der Waals surface area contributed by atoms with E-state index in [0.29, 0.717) is 23.7 Å². The Hall–Kier alpha value is -0.560. The average Bonchev–Trinajstić information content (AvgIpc) is 2.65. The van der Waals surface area contributed by atoms with Crippen LogP contribution in [0.15, 0.2) is 23.1 Å². The maximum absolute atomic E-state index is 13.3. The van der Waals surface area contributed by atoms with Crippen molar-refractivity contribution in [1.82, 2.24) is 0 Å². The second-order valence-corrected chi connectivity index (χ2v) is 11.8. The Morgan fingerprint density at radius 1 is 1.17 bits per heavy atom. The lowest BCUT2D eigenvalue weighted by Crippen LogP contribution is -2.19. The van der Waals surface area contributed by atoms with Gasteiger partial charge in [0.15, 0.2) is 12.5 Å². The van der Waals surface area contributed by atoms with Crippen LogP contribution >= 0.6 is 27.3 Å². The van der Waals surface area contributed by atoms with Gasteiger partial charge in [0.25, 0.3) is 7.37 Å². The van der Waals surface area contributed by atoms with E-state index in [4.69, 9.17) is 14.0 Å². The monoisotopic (exact) mass is 475 g/mol. The van der Waals surface area contributed by atoms with Gasteiger partial charge in [0.2, 0.25) is 4.37 Å². The molecule has 0 saturated heterocycles. The molecule has 0 heterocycles. The van der Waals surface area contributed by atoms with Crippen molar-refractivity contribution in [3.63, 3.8) is 0 Å². The third-order valence-electron chi connectivity index (χ3n) is 3.68. The molecule has 29 heavy (non-hydrogen) atoms. The van der Waals surface area contributed by atoms with Crippen molar-refractivity contribution in [2.45, 2.75) is 45.1 Å². The minimum absolute atomic E-state index is 0.0138. The molecular weight excluding hydrogens is 447 g/mol. The van der Waals surface area contributed by atoms with Crippen LogP contribution in [0.4, 0.5) is 13.2 Å². The Morgan fingerprint density at radius 2 is 1.79 bits per heavy atom. The van der Waals surface area contributed by atoms with Crippen molar-refractivity contribution in [2.75, 3.05) is 32.1 Å². The Kier molecular flexibility index (Phi) is 11.3. The number of ether oxygens (including phenoxy) is 2. The Bertz CT molecular complexity index is 722. The zero-order valence-electron chi connectivity index (χ0n) is 16.9. The molecule has 1 rings (SSSR count). The fraction of sp³-hybridized carbons (Fsp3) is 0.611. The lowest BCUT2D eigenvalue weighted by atomic mass is 10.2. The predicted molar refractivity (Wildman–Crippen MR) is 114 cm³/mol. The maximum atomic E-state index is 13.3. The zero-order valence-corrected chi connectivity index (χ0v) is 19.6. The van der Waals surface area contributed by atoms with Crippen molar-refractivity contribution in [3.8, 4) is 5.75 Å². The molecule has 0 aliphatic heterocycles. The van der Waals surface area contributed by atoms with Gasteiger partial charge in [0.05, 0.1) is 17.1 Å². The van der Waals surface area contributed by atoms with E-state index in [-0.39, 0.29) is 31.6 Å². The highest BCUT2D eigenvalue weighted by Crippen LogP contribution is 2.56. The number of thioether (sulfide) groups is 1. The first-order valence-electron chi connectivity index (χ1n) is 9.27. The second-order valence-electron chi connectivity index (χ2n) is 5.72. The third kappa shape index (κ3) is 8.23. The Labute approximate surface area is 175 Å². The lowest BCUT2D eigenvalue weighted by Gasteiger charge is -2.17. The van der Waals surface area contributed by atoms with Crippen LogP contribution in [0.5, 0.6) is 5.75 Å². The van der Waals surface area contributed by atoms with E-state index in [1.54, 1.807) is 13.8 Å². The van der Waals surface area contributed by atoms with E-state index in [1.165, 1.54) is 0 Å². The molecule has 0 radical (unpaired) electrons. The van der Waals surface area contributed by atoms with Gasteiger partial charge >= 0.3 is 6.18 Å². The molecule has 0 bridgehead atoms. The molecule has 0 aliphatic carbocycles. The molecule has 2 atom stereocenters. The van der Waals surface area contributed by atoms with Gasteiger partial charge in [-0.1, -0.05) is 6.92 Å². The summed E-state index contributed by atoms with van der Waals surface area (Å²) >= 11 is 0.875. The van der Waals surface area contributed by atoms with Crippen molar-refractivity contribution in [2.24, 2.45) is 0 Å². The molecule has 0 fully saturated rings. The summed E-state index contributed by atoms with van der Waals surface area (Å²) < 4.78 is 69.5. The molecule has 166 valence electrons. The maximum Gasteiger partial charge on any atom is 0.416 e. The van der Waals surface area contributed by atoms with Crippen LogP contribution in [0.25, 0.3) is 0 Å². The van der Waals surface area contributed by atoms with Crippen LogP contribution < -0.4 is 0 Å². The summed E-state index contributed by atoms with van der Waals surface area (Å²) in [5, 5.41) is 10.1. The summed E-state index contributed by atoms with van der Waals surface area (Å²) in [5.74, 6) is -0.310. The molecule has 1 N–H and O–H groups in total. The predicted octanol–water partition coefficient (Wildman–Crippen LogP) is 6.00. The van der Waals surface area contributed by atoms with Gasteiger partial charge in [-0.3, -0.25) is 4.57 Å². The smallest absolute Gasteiger partial charge is 0.416 e. The molecule has 1 aromatic rings. The first-order chi connectivity index (χ1) is 13.6. The van der Waals surface area contributed by atoms with Crippen LogP contribution in [-0.4, -0.2) is 47.9 Å². The summed E-state index contributed by atoms with van der Waals surface area (Å²) in [5.41, 5.74) is -0.885. The molecule has 0 saturated carbocycles. The average molecular weight is 475 g/mol. The molecular formula is C18H28F3O5P2S+. The van der Waals surface area contributed by atoms with Crippen molar-refractivity contribution < 1.29 is 36.8 Å². The molecule has 5 nitrogen and oxygen atoms in total. The normalized spacial score (nSPS) is 15.0. The van der Waals surface area contributed by atoms with Gasteiger partial charge in [0, 0.05) is 19.4 Å². The van der Waals surface area contributed by atoms with Crippen LogP contribution in [0.1, 0.15) is 33.3 Å². The number of hydrogen-bond donors (Lipinski definition) is 1. The van der Waals surface area contributed by atoms with Gasteiger partial charge in [-0.05, 0) is 50.7 Å². The highest BCUT2D eigenvalue weighted by Gasteiger charge is 2.36. The zero-order chi connectivity index (χ0) is 22.1. The minimum atomic E-state index is -4.55. The van der Waals surface area contributed by atoms with Crippen molar-refractivity contribution >= 4 is 31.7 Å². The minimum Gasteiger partial charge on any atom is -0.507 e. The number of phenols is 1. The van der Waals surface area contributed by atoms with E-state index in [9.17, 15) is 22.8 Å². The van der Waals surface area contributed by atoms with Crippen molar-refractivity contribution in [1.29, 1.82) is 0 Å². The molecule has 2 unspecified atom stereocenters. The lowest BCUT2D eigenvalue weighted by molar-refractivity contribution is -0.137. The first kappa shape index (κ1) is 26.5. The highest BCUT2D eigenvalue weighted by molar-refractivity contribution is 8.31. The number of alkyl halides is 3. The molecule has 11 heteroatoms.